The molecule has 3 unspecified atom stereocenters. The summed E-state index contributed by atoms with van der Waals surface area (Å²) in [6.07, 6.45) is 1.48. The van der Waals surface area contributed by atoms with Crippen LogP contribution in [0.15, 0.2) is 4.99 Å². The molecular formula is C16H29N7O6. The third-order valence-electron chi connectivity index (χ3n) is 4.35. The minimum Gasteiger partial charge on any atom is -0.480 e. The molecule has 1 saturated heterocycles. The summed E-state index contributed by atoms with van der Waals surface area (Å²) in [6.45, 7) is -0.626. The second-order valence-corrected chi connectivity index (χ2v) is 6.60. The first-order chi connectivity index (χ1) is 13.7. The first-order valence-corrected chi connectivity index (χ1v) is 9.19. The summed E-state index contributed by atoms with van der Waals surface area (Å²) in [4.78, 5) is 53.1. The number of carbonyl (C=O) groups excluding carboxylic acids is 3. The fourth-order valence-electron chi connectivity index (χ4n) is 2.91. The van der Waals surface area contributed by atoms with E-state index in [1.165, 1.54) is 4.90 Å². The lowest BCUT2D eigenvalue weighted by Crippen LogP contribution is -2.56. The van der Waals surface area contributed by atoms with Gasteiger partial charge in [-0.05, 0) is 25.7 Å². The maximum Gasteiger partial charge on any atom is 0.322 e. The first-order valence-electron chi connectivity index (χ1n) is 9.19. The number of nitrogens with zero attached hydrogens (tertiary/aromatic N) is 2. The van der Waals surface area contributed by atoms with Crippen LogP contribution in [-0.2, 0) is 19.2 Å². The molecule has 3 amide bonds. The average Bonchev–Trinajstić information content (AvgIpc) is 3.16. The molecular weight excluding hydrogens is 386 g/mol. The number of aliphatic hydroxyl groups excluding tert-OH is 1. The van der Waals surface area contributed by atoms with Gasteiger partial charge in [0.2, 0.25) is 17.7 Å². The second kappa shape index (κ2) is 11.8. The van der Waals surface area contributed by atoms with Gasteiger partial charge in [-0.3, -0.25) is 24.2 Å². The predicted molar refractivity (Wildman–Crippen MR) is 102 cm³/mol. The van der Waals surface area contributed by atoms with Gasteiger partial charge in [-0.15, -0.1) is 0 Å². The Balaban J connectivity index is 2.86. The average molecular weight is 415 g/mol. The highest BCUT2D eigenvalue weighted by atomic mass is 16.4. The molecule has 0 aromatic carbocycles. The fraction of sp³-hybridized carbons (Fsp3) is 0.688. The molecule has 29 heavy (non-hydrogen) atoms. The summed E-state index contributed by atoms with van der Waals surface area (Å²) >= 11 is 0. The summed E-state index contributed by atoms with van der Waals surface area (Å²) < 4.78 is 0. The Morgan fingerprint density at radius 3 is 2.52 bits per heavy atom. The van der Waals surface area contributed by atoms with E-state index < -0.39 is 55.0 Å². The summed E-state index contributed by atoms with van der Waals surface area (Å²) in [6, 6.07) is -3.02. The van der Waals surface area contributed by atoms with Crippen molar-refractivity contribution in [3.8, 4) is 0 Å². The lowest BCUT2D eigenvalue weighted by Gasteiger charge is -2.29. The van der Waals surface area contributed by atoms with Crippen molar-refractivity contribution in [3.05, 3.63) is 0 Å². The van der Waals surface area contributed by atoms with E-state index in [0.29, 0.717) is 19.3 Å². The summed E-state index contributed by atoms with van der Waals surface area (Å²) in [5, 5.41) is 22.5. The highest BCUT2D eigenvalue weighted by molar-refractivity contribution is 5.94. The van der Waals surface area contributed by atoms with Crippen molar-refractivity contribution in [2.75, 3.05) is 26.2 Å². The van der Waals surface area contributed by atoms with Gasteiger partial charge in [-0.2, -0.15) is 0 Å². The predicted octanol–water partition coefficient (Wildman–Crippen LogP) is -3.96. The highest BCUT2D eigenvalue weighted by Crippen LogP contribution is 2.19. The number of carbonyl (C=O) groups is 4. The van der Waals surface area contributed by atoms with Crippen LogP contribution in [0.1, 0.15) is 25.7 Å². The smallest absolute Gasteiger partial charge is 0.322 e. The Hall–Kier alpha value is -2.93. The molecule has 1 aliphatic rings. The lowest BCUT2D eigenvalue weighted by molar-refractivity contribution is -0.143. The van der Waals surface area contributed by atoms with Crippen molar-refractivity contribution in [2.24, 2.45) is 22.2 Å². The van der Waals surface area contributed by atoms with E-state index in [1.54, 1.807) is 0 Å². The zero-order chi connectivity index (χ0) is 22.0. The van der Waals surface area contributed by atoms with Crippen molar-refractivity contribution in [1.29, 1.82) is 0 Å². The third kappa shape index (κ3) is 7.91. The maximum absolute atomic E-state index is 13.0. The Morgan fingerprint density at radius 1 is 1.24 bits per heavy atom. The Kier molecular flexibility index (Phi) is 9.82. The maximum atomic E-state index is 13.0. The number of aliphatic imine (C=N–C) groups is 1. The normalized spacial score (nSPS) is 17.9. The molecule has 13 nitrogen and oxygen atoms in total. The van der Waals surface area contributed by atoms with Gasteiger partial charge in [0.1, 0.15) is 24.7 Å². The number of carboxylic acids is 1. The first kappa shape index (κ1) is 24.1. The van der Waals surface area contributed by atoms with E-state index in [9.17, 15) is 19.2 Å². The second-order valence-electron chi connectivity index (χ2n) is 6.60. The molecule has 1 rings (SSSR count). The summed E-state index contributed by atoms with van der Waals surface area (Å²) in [5.41, 5.74) is 16.0. The molecule has 13 heteroatoms. The SMILES string of the molecule is NC(N)=NCCCC(NC(=O)C(N)CO)C(=O)N1CCCC1C(=O)NCC(=O)O. The minimum absolute atomic E-state index is 0.103. The Bertz CT molecular complexity index is 637. The number of likely N-dealkylation sites (tertiary alicyclic amines) is 1. The van der Waals surface area contributed by atoms with Crippen molar-refractivity contribution < 1.29 is 29.4 Å². The van der Waals surface area contributed by atoms with Gasteiger partial charge >= 0.3 is 5.97 Å². The Labute approximate surface area is 167 Å². The number of rotatable bonds is 11. The van der Waals surface area contributed by atoms with Crippen molar-refractivity contribution >= 4 is 29.7 Å². The molecule has 164 valence electrons. The summed E-state index contributed by atoms with van der Waals surface area (Å²) in [7, 11) is 0. The minimum atomic E-state index is -1.20. The van der Waals surface area contributed by atoms with Crippen LogP contribution in [0.3, 0.4) is 0 Å². The third-order valence-corrected chi connectivity index (χ3v) is 4.35. The molecule has 0 radical (unpaired) electrons. The van der Waals surface area contributed by atoms with Crippen molar-refractivity contribution in [3.63, 3.8) is 0 Å². The lowest BCUT2D eigenvalue weighted by atomic mass is 10.1. The Morgan fingerprint density at radius 2 is 1.93 bits per heavy atom. The number of nitrogens with two attached hydrogens (primary N) is 3. The van der Waals surface area contributed by atoms with Gasteiger partial charge in [0.15, 0.2) is 5.96 Å². The van der Waals surface area contributed by atoms with Crippen molar-refractivity contribution in [2.45, 2.75) is 43.8 Å². The van der Waals surface area contributed by atoms with Crippen LogP contribution < -0.4 is 27.8 Å². The molecule has 0 spiro atoms. The van der Waals surface area contributed by atoms with E-state index in [-0.39, 0.29) is 25.5 Å². The number of nitrogens with one attached hydrogen (secondary N) is 2. The molecule has 1 fully saturated rings. The molecule has 1 aliphatic heterocycles. The molecule has 0 aromatic rings. The van der Waals surface area contributed by atoms with Crippen LogP contribution in [0, 0.1) is 0 Å². The van der Waals surface area contributed by atoms with Gasteiger partial charge in [-0.1, -0.05) is 0 Å². The fourth-order valence-corrected chi connectivity index (χ4v) is 2.91. The highest BCUT2D eigenvalue weighted by Gasteiger charge is 2.37. The number of carboxylic acid groups (broad SMARTS) is 1. The molecule has 10 N–H and O–H groups in total. The largest absolute Gasteiger partial charge is 0.480 e. The van der Waals surface area contributed by atoms with Gasteiger partial charge in [0.05, 0.1) is 6.61 Å². The number of hydrogen-bond acceptors (Lipinski definition) is 7. The van der Waals surface area contributed by atoms with E-state index in [1.807, 2.05) is 0 Å². The topological polar surface area (TPSA) is 226 Å². The standard InChI is InChI=1S/C16H29N7O6/c17-9(8-24)13(27)22-10(3-1-5-20-16(18)19)15(29)23-6-2-4-11(23)14(28)21-7-12(25)26/h9-11,24H,1-8,17H2,(H,21,28)(H,22,27)(H,25,26)(H4,18,19,20). The van der Waals surface area contributed by atoms with E-state index in [2.05, 4.69) is 15.6 Å². The van der Waals surface area contributed by atoms with Crippen LogP contribution in [-0.4, -0.2) is 89.1 Å². The number of amides is 3. The van der Waals surface area contributed by atoms with E-state index in [4.69, 9.17) is 27.4 Å². The van der Waals surface area contributed by atoms with Gasteiger partial charge in [0.25, 0.3) is 0 Å². The number of aliphatic hydroxyl groups is 1. The molecule has 0 bridgehead atoms. The molecule has 1 heterocycles. The quantitative estimate of drug-likeness (QED) is 0.0990. The zero-order valence-corrected chi connectivity index (χ0v) is 16.0. The number of hydrogen-bond donors (Lipinski definition) is 7. The van der Waals surface area contributed by atoms with Crippen LogP contribution in [0.5, 0.6) is 0 Å². The van der Waals surface area contributed by atoms with Gasteiger partial charge < -0.3 is 42.9 Å². The van der Waals surface area contributed by atoms with Gasteiger partial charge in [0, 0.05) is 13.1 Å². The molecule has 3 atom stereocenters. The number of guanidine groups is 1. The van der Waals surface area contributed by atoms with Crippen LogP contribution in [0.4, 0.5) is 0 Å². The van der Waals surface area contributed by atoms with Crippen LogP contribution >= 0.6 is 0 Å². The molecule has 0 saturated carbocycles. The van der Waals surface area contributed by atoms with Crippen LogP contribution in [0.25, 0.3) is 0 Å². The molecule has 0 aliphatic carbocycles. The molecule has 0 aromatic heterocycles. The number of aliphatic carboxylic acids is 1. The monoisotopic (exact) mass is 415 g/mol. The van der Waals surface area contributed by atoms with Crippen molar-refractivity contribution in [1.82, 2.24) is 15.5 Å². The zero-order valence-electron chi connectivity index (χ0n) is 16.0. The van der Waals surface area contributed by atoms with Crippen LogP contribution in [0.2, 0.25) is 0 Å². The van der Waals surface area contributed by atoms with E-state index in [0.717, 1.165) is 0 Å². The van der Waals surface area contributed by atoms with E-state index >= 15 is 0 Å². The summed E-state index contributed by atoms with van der Waals surface area (Å²) in [5.74, 6) is -3.08. The van der Waals surface area contributed by atoms with Gasteiger partial charge in [-0.25, -0.2) is 0 Å².